The maximum absolute atomic E-state index is 11.1. The van der Waals surface area contributed by atoms with Crippen molar-refractivity contribution in [2.45, 2.75) is 11.8 Å². The molecule has 0 aromatic heterocycles. The van der Waals surface area contributed by atoms with Gasteiger partial charge in [-0.3, -0.25) is 4.55 Å². The third-order valence-corrected chi connectivity index (χ3v) is 4.45. The van der Waals surface area contributed by atoms with Crippen molar-refractivity contribution < 1.29 is 18.1 Å². The summed E-state index contributed by atoms with van der Waals surface area (Å²) in [7, 11) is -4.26. The van der Waals surface area contributed by atoms with E-state index in [2.05, 4.69) is 10.2 Å². The number of aryl methyl sites for hydroxylation is 1. The summed E-state index contributed by atoms with van der Waals surface area (Å²) in [5.74, 6) is 0.00431. The number of hydrogen-bond acceptors (Lipinski definition) is 5. The number of phenols is 1. The Labute approximate surface area is 167 Å². The average Bonchev–Trinajstić information content (AvgIpc) is 2.54. The van der Waals surface area contributed by atoms with Gasteiger partial charge in [0.2, 0.25) is 0 Å². The Bertz CT molecular complexity index is 1070. The fourth-order valence-corrected chi connectivity index (χ4v) is 2.92. The molecule has 25 heavy (non-hydrogen) atoms. The predicted octanol–water partition coefficient (Wildman–Crippen LogP) is 4.14. The molecule has 0 amide bonds. The van der Waals surface area contributed by atoms with E-state index in [0.29, 0.717) is 16.9 Å². The molecule has 0 aliphatic carbocycles. The molecule has 123 valence electrons. The zero-order chi connectivity index (χ0) is 17.3. The van der Waals surface area contributed by atoms with E-state index in [1.165, 1.54) is 18.2 Å². The SMILES string of the molecule is Cc1cc(S(=O)(=O)O)ccc1N=Nc1c(O)ccc2ccccc12.[Na]. The van der Waals surface area contributed by atoms with Crippen LogP contribution in [0.25, 0.3) is 10.8 Å². The van der Waals surface area contributed by atoms with Gasteiger partial charge in [-0.1, -0.05) is 30.3 Å². The monoisotopic (exact) mass is 365 g/mol. The molecule has 8 heteroatoms. The third kappa shape index (κ3) is 4.26. The topological polar surface area (TPSA) is 99.3 Å². The van der Waals surface area contributed by atoms with Gasteiger partial charge in [0.05, 0.1) is 10.6 Å². The van der Waals surface area contributed by atoms with Crippen molar-refractivity contribution in [1.29, 1.82) is 0 Å². The Kier molecular flexibility index (Phi) is 5.97. The fraction of sp³-hybridized carbons (Fsp3) is 0.0588. The van der Waals surface area contributed by atoms with Crippen LogP contribution in [-0.2, 0) is 10.1 Å². The molecule has 0 unspecified atom stereocenters. The summed E-state index contributed by atoms with van der Waals surface area (Å²) < 4.78 is 31.3. The van der Waals surface area contributed by atoms with Crippen LogP contribution in [0.1, 0.15) is 5.56 Å². The van der Waals surface area contributed by atoms with Crippen LogP contribution in [0.5, 0.6) is 5.75 Å². The number of azo groups is 1. The van der Waals surface area contributed by atoms with Crippen LogP contribution in [0.15, 0.2) is 69.7 Å². The summed E-state index contributed by atoms with van der Waals surface area (Å²) in [6.45, 7) is 1.66. The normalized spacial score (nSPS) is 11.6. The Balaban J connectivity index is 0.00000225. The van der Waals surface area contributed by atoms with Crippen molar-refractivity contribution >= 4 is 61.8 Å². The molecule has 2 N–H and O–H groups in total. The largest absolute Gasteiger partial charge is 0.506 e. The summed E-state index contributed by atoms with van der Waals surface area (Å²) >= 11 is 0. The summed E-state index contributed by atoms with van der Waals surface area (Å²) in [5, 5.41) is 19.9. The number of aromatic hydroxyl groups is 1. The van der Waals surface area contributed by atoms with E-state index in [9.17, 15) is 13.5 Å². The van der Waals surface area contributed by atoms with Gasteiger partial charge in [-0.25, -0.2) is 0 Å². The molecule has 0 atom stereocenters. The molecule has 3 aromatic carbocycles. The second-order valence-corrected chi connectivity index (χ2v) is 6.70. The van der Waals surface area contributed by atoms with Crippen molar-refractivity contribution in [1.82, 2.24) is 0 Å². The van der Waals surface area contributed by atoms with Gasteiger partial charge in [-0.2, -0.15) is 13.5 Å². The van der Waals surface area contributed by atoms with Gasteiger partial charge in [0.1, 0.15) is 11.4 Å². The number of hydrogen-bond donors (Lipinski definition) is 2. The number of fused-ring (bicyclic) bond motifs is 1. The zero-order valence-electron chi connectivity index (χ0n) is 13.7. The average molecular weight is 365 g/mol. The van der Waals surface area contributed by atoms with Gasteiger partial charge >= 0.3 is 0 Å². The molecule has 0 saturated carbocycles. The molecule has 0 bridgehead atoms. The van der Waals surface area contributed by atoms with E-state index >= 15 is 0 Å². The second-order valence-electron chi connectivity index (χ2n) is 5.28. The maximum Gasteiger partial charge on any atom is 0.294 e. The minimum Gasteiger partial charge on any atom is -0.506 e. The molecular weight excluding hydrogens is 351 g/mol. The van der Waals surface area contributed by atoms with Crippen LogP contribution >= 0.6 is 0 Å². The molecule has 0 spiro atoms. The Morgan fingerprint density at radius 3 is 2.36 bits per heavy atom. The molecular formula is C17H14N2NaO4S. The van der Waals surface area contributed by atoms with Crippen LogP contribution in [0.3, 0.4) is 0 Å². The zero-order valence-corrected chi connectivity index (χ0v) is 16.5. The molecule has 0 aliphatic heterocycles. The molecule has 3 rings (SSSR count). The first-order valence-electron chi connectivity index (χ1n) is 7.07. The smallest absolute Gasteiger partial charge is 0.294 e. The van der Waals surface area contributed by atoms with Gasteiger partial charge < -0.3 is 5.11 Å². The first-order chi connectivity index (χ1) is 11.4. The van der Waals surface area contributed by atoms with Crippen molar-refractivity contribution in [3.05, 3.63) is 60.2 Å². The van der Waals surface area contributed by atoms with Crippen molar-refractivity contribution in [3.63, 3.8) is 0 Å². The standard InChI is InChI=1S/C17H14N2O4S.Na/c1-11-10-13(24(21,22)23)7-8-15(11)18-19-17-14-5-3-2-4-12(14)6-9-16(17)20;/h2-10,20H,1H3,(H,21,22,23);. The van der Waals surface area contributed by atoms with Crippen LogP contribution in [-0.4, -0.2) is 47.6 Å². The van der Waals surface area contributed by atoms with Crippen LogP contribution < -0.4 is 0 Å². The van der Waals surface area contributed by atoms with E-state index in [0.717, 1.165) is 10.8 Å². The van der Waals surface area contributed by atoms with E-state index in [1.807, 2.05) is 24.3 Å². The fourth-order valence-electron chi connectivity index (χ4n) is 2.35. The predicted molar refractivity (Wildman–Crippen MR) is 96.5 cm³/mol. The van der Waals surface area contributed by atoms with Crippen molar-refractivity contribution in [2.24, 2.45) is 10.2 Å². The van der Waals surface area contributed by atoms with Gasteiger partial charge in [0.15, 0.2) is 0 Å². The minimum atomic E-state index is -4.26. The summed E-state index contributed by atoms with van der Waals surface area (Å²) in [6.07, 6.45) is 0. The molecule has 0 fully saturated rings. The van der Waals surface area contributed by atoms with Gasteiger partial charge in [-0.15, -0.1) is 5.11 Å². The van der Waals surface area contributed by atoms with Crippen molar-refractivity contribution in [2.75, 3.05) is 0 Å². The van der Waals surface area contributed by atoms with E-state index in [-0.39, 0.29) is 40.2 Å². The molecule has 1 radical (unpaired) electrons. The van der Waals surface area contributed by atoms with Crippen LogP contribution in [0, 0.1) is 6.92 Å². The van der Waals surface area contributed by atoms with E-state index < -0.39 is 10.1 Å². The quantitative estimate of drug-likeness (QED) is 0.414. The number of phenolic OH excluding ortho intramolecular Hbond substituents is 1. The van der Waals surface area contributed by atoms with Gasteiger partial charge in [0.25, 0.3) is 10.1 Å². The summed E-state index contributed by atoms with van der Waals surface area (Å²) in [4.78, 5) is -0.202. The molecule has 3 aromatic rings. The summed E-state index contributed by atoms with van der Waals surface area (Å²) in [6, 6.07) is 14.8. The Morgan fingerprint density at radius 1 is 0.960 bits per heavy atom. The van der Waals surface area contributed by atoms with Gasteiger partial charge in [-0.05, 0) is 42.1 Å². The minimum absolute atomic E-state index is 0. The molecule has 0 saturated heterocycles. The number of rotatable bonds is 3. The van der Waals surface area contributed by atoms with E-state index in [4.69, 9.17) is 4.55 Å². The first kappa shape index (κ1) is 19.6. The Morgan fingerprint density at radius 2 is 1.68 bits per heavy atom. The van der Waals surface area contributed by atoms with Gasteiger partial charge in [0, 0.05) is 34.9 Å². The van der Waals surface area contributed by atoms with E-state index in [1.54, 1.807) is 19.1 Å². The molecule has 0 aliphatic rings. The van der Waals surface area contributed by atoms with Crippen molar-refractivity contribution in [3.8, 4) is 5.75 Å². The number of nitrogens with zero attached hydrogens (tertiary/aromatic N) is 2. The van der Waals surface area contributed by atoms with Crippen LogP contribution in [0.2, 0.25) is 0 Å². The first-order valence-corrected chi connectivity index (χ1v) is 8.51. The van der Waals surface area contributed by atoms with Crippen LogP contribution in [0.4, 0.5) is 11.4 Å². The summed E-state index contributed by atoms with van der Waals surface area (Å²) in [5.41, 5.74) is 1.31. The molecule has 6 nitrogen and oxygen atoms in total. The second kappa shape index (κ2) is 7.63. The third-order valence-electron chi connectivity index (χ3n) is 3.60. The molecule has 0 heterocycles. The maximum atomic E-state index is 11.1. The number of benzene rings is 3. The Hall–Kier alpha value is -1.77.